The normalized spacial score (nSPS) is 18.2. The van der Waals surface area contributed by atoms with E-state index >= 15 is 0 Å². The molecule has 2 aliphatic rings. The third-order valence-corrected chi connectivity index (χ3v) is 7.22. The number of aromatic nitrogens is 2. The SMILES string of the molecule is CCOCCCN1C(=O)/C(=C/c2c(NCCCN3CCOCC3)nc3ccccn3c2=O)SC1=S. The van der Waals surface area contributed by atoms with Crippen molar-refractivity contribution in [1.82, 2.24) is 19.2 Å². The highest BCUT2D eigenvalue weighted by atomic mass is 32.2. The molecule has 2 aromatic heterocycles. The lowest BCUT2D eigenvalue weighted by molar-refractivity contribution is -0.122. The minimum Gasteiger partial charge on any atom is -0.382 e. The summed E-state index contributed by atoms with van der Waals surface area (Å²) in [6.45, 7) is 8.65. The van der Waals surface area contributed by atoms with Crippen LogP contribution in [0, 0.1) is 0 Å². The number of thioether (sulfide) groups is 1. The van der Waals surface area contributed by atoms with Crippen molar-refractivity contribution < 1.29 is 14.3 Å². The number of carbonyl (C=O) groups is 1. The Balaban J connectivity index is 1.53. The summed E-state index contributed by atoms with van der Waals surface area (Å²) < 4.78 is 12.8. The fraction of sp³-hybridized carbons (Fsp3) is 0.500. The second kappa shape index (κ2) is 12.6. The van der Waals surface area contributed by atoms with Crippen LogP contribution in [0.2, 0.25) is 0 Å². The quantitative estimate of drug-likeness (QED) is 0.274. The van der Waals surface area contributed by atoms with Crippen molar-refractivity contribution in [1.29, 1.82) is 0 Å². The summed E-state index contributed by atoms with van der Waals surface area (Å²) in [6.07, 6.45) is 4.91. The van der Waals surface area contributed by atoms with Crippen LogP contribution in [0.5, 0.6) is 0 Å². The molecule has 35 heavy (non-hydrogen) atoms. The van der Waals surface area contributed by atoms with Crippen molar-refractivity contribution in [3.8, 4) is 0 Å². The summed E-state index contributed by atoms with van der Waals surface area (Å²) in [4.78, 5) is 35.5. The van der Waals surface area contributed by atoms with Gasteiger partial charge in [-0.3, -0.25) is 23.8 Å². The minimum atomic E-state index is -0.229. The average molecular weight is 518 g/mol. The summed E-state index contributed by atoms with van der Waals surface area (Å²) in [5.41, 5.74) is 0.677. The van der Waals surface area contributed by atoms with E-state index in [0.717, 1.165) is 39.3 Å². The van der Waals surface area contributed by atoms with Crippen LogP contribution >= 0.6 is 24.0 Å². The van der Waals surface area contributed by atoms with Crippen LogP contribution in [0.15, 0.2) is 34.1 Å². The molecule has 0 aromatic carbocycles. The van der Waals surface area contributed by atoms with Gasteiger partial charge in [0.15, 0.2) is 0 Å². The van der Waals surface area contributed by atoms with Gasteiger partial charge in [0.05, 0.1) is 23.7 Å². The zero-order chi connectivity index (χ0) is 24.6. The molecule has 9 nitrogen and oxygen atoms in total. The lowest BCUT2D eigenvalue weighted by Gasteiger charge is -2.26. The van der Waals surface area contributed by atoms with Gasteiger partial charge in [-0.2, -0.15) is 0 Å². The number of hydrogen-bond acceptors (Lipinski definition) is 9. The maximum absolute atomic E-state index is 13.4. The lowest BCUT2D eigenvalue weighted by atomic mass is 10.2. The van der Waals surface area contributed by atoms with E-state index in [-0.39, 0.29) is 11.5 Å². The predicted octanol–water partition coefficient (Wildman–Crippen LogP) is 2.46. The van der Waals surface area contributed by atoms with Gasteiger partial charge >= 0.3 is 0 Å². The molecular formula is C24H31N5O4S2. The number of morpholine rings is 1. The number of hydrogen-bond donors (Lipinski definition) is 1. The monoisotopic (exact) mass is 517 g/mol. The smallest absolute Gasteiger partial charge is 0.267 e. The highest BCUT2D eigenvalue weighted by Crippen LogP contribution is 2.33. The highest BCUT2D eigenvalue weighted by Gasteiger charge is 2.32. The Hall–Kier alpha value is -2.31. The first-order chi connectivity index (χ1) is 17.1. The highest BCUT2D eigenvalue weighted by molar-refractivity contribution is 8.26. The molecule has 0 radical (unpaired) electrons. The van der Waals surface area contributed by atoms with Crippen molar-refractivity contribution in [3.05, 3.63) is 45.2 Å². The average Bonchev–Trinajstić information content (AvgIpc) is 3.14. The van der Waals surface area contributed by atoms with E-state index < -0.39 is 0 Å². The Morgan fingerprint density at radius 1 is 1.23 bits per heavy atom. The molecule has 0 unspecified atom stereocenters. The van der Waals surface area contributed by atoms with Gasteiger partial charge in [0, 0.05) is 45.6 Å². The number of fused-ring (bicyclic) bond motifs is 1. The van der Waals surface area contributed by atoms with Crippen LogP contribution in [0.1, 0.15) is 25.3 Å². The van der Waals surface area contributed by atoms with Crippen LogP contribution in [0.4, 0.5) is 5.82 Å². The van der Waals surface area contributed by atoms with Gasteiger partial charge in [0.2, 0.25) is 0 Å². The van der Waals surface area contributed by atoms with Gasteiger partial charge in [-0.25, -0.2) is 4.98 Å². The van der Waals surface area contributed by atoms with Crippen LogP contribution in [-0.4, -0.2) is 88.6 Å². The molecule has 2 aromatic rings. The first-order valence-electron chi connectivity index (χ1n) is 12.0. The molecule has 0 spiro atoms. The van der Waals surface area contributed by atoms with Crippen molar-refractivity contribution >= 4 is 51.7 Å². The molecule has 188 valence electrons. The summed E-state index contributed by atoms with van der Waals surface area (Å²) in [5, 5.41) is 3.33. The van der Waals surface area contributed by atoms with Gasteiger partial charge < -0.3 is 14.8 Å². The summed E-state index contributed by atoms with van der Waals surface area (Å²) >= 11 is 6.65. The molecule has 0 bridgehead atoms. The van der Waals surface area contributed by atoms with Crippen LogP contribution in [0.25, 0.3) is 11.7 Å². The van der Waals surface area contributed by atoms with Crippen LogP contribution in [0.3, 0.4) is 0 Å². The molecule has 2 aliphatic heterocycles. The molecule has 0 aliphatic carbocycles. The summed E-state index contributed by atoms with van der Waals surface area (Å²) in [5.74, 6) is 0.289. The van der Waals surface area contributed by atoms with E-state index in [4.69, 9.17) is 21.7 Å². The Bertz CT molecular complexity index is 1150. The molecule has 1 N–H and O–H groups in total. The van der Waals surface area contributed by atoms with E-state index in [1.54, 1.807) is 29.3 Å². The standard InChI is InChI=1S/C24H31N5O4S2/c1-2-32-14-6-11-29-23(31)19(35-24(29)34)17-18-21(25-8-5-9-27-12-15-33-16-13-27)26-20-7-3-4-10-28(20)22(18)30/h3-4,7,10,17,25H,2,5-6,8-9,11-16H2,1H3/b19-17-. The number of amides is 1. The van der Waals surface area contributed by atoms with Crippen LogP contribution in [-0.2, 0) is 14.3 Å². The van der Waals surface area contributed by atoms with Gasteiger partial charge in [-0.15, -0.1) is 0 Å². The predicted molar refractivity (Wildman–Crippen MR) is 143 cm³/mol. The van der Waals surface area contributed by atoms with Crippen molar-refractivity contribution in [2.45, 2.75) is 19.8 Å². The van der Waals surface area contributed by atoms with Gasteiger partial charge in [-0.05, 0) is 44.5 Å². The van der Waals surface area contributed by atoms with Gasteiger partial charge in [0.25, 0.3) is 11.5 Å². The molecule has 0 atom stereocenters. The van der Waals surface area contributed by atoms with Crippen molar-refractivity contribution in [2.75, 3.05) is 64.5 Å². The number of rotatable bonds is 11. The van der Waals surface area contributed by atoms with E-state index in [1.807, 2.05) is 13.0 Å². The van der Waals surface area contributed by atoms with E-state index in [0.29, 0.717) is 59.0 Å². The number of nitrogens with zero attached hydrogens (tertiary/aromatic N) is 4. The van der Waals surface area contributed by atoms with E-state index in [1.165, 1.54) is 16.2 Å². The lowest BCUT2D eigenvalue weighted by Crippen LogP contribution is -2.37. The fourth-order valence-corrected chi connectivity index (χ4v) is 5.29. The van der Waals surface area contributed by atoms with Crippen molar-refractivity contribution in [3.63, 3.8) is 0 Å². The third kappa shape index (κ3) is 6.47. The van der Waals surface area contributed by atoms with Crippen LogP contribution < -0.4 is 10.9 Å². The summed E-state index contributed by atoms with van der Waals surface area (Å²) in [7, 11) is 0. The number of anilines is 1. The molecule has 0 saturated carbocycles. The number of thiocarbonyl (C=S) groups is 1. The number of ether oxygens (including phenoxy) is 2. The zero-order valence-corrected chi connectivity index (χ0v) is 21.5. The Morgan fingerprint density at radius 3 is 2.86 bits per heavy atom. The van der Waals surface area contributed by atoms with Crippen molar-refractivity contribution in [2.24, 2.45) is 0 Å². The first kappa shape index (κ1) is 25.8. The Morgan fingerprint density at radius 2 is 2.06 bits per heavy atom. The molecule has 4 rings (SSSR count). The maximum atomic E-state index is 13.4. The molecule has 11 heteroatoms. The number of carbonyl (C=O) groups excluding carboxylic acids is 1. The Labute approximate surface area is 214 Å². The van der Waals surface area contributed by atoms with Gasteiger partial charge in [-0.1, -0.05) is 30.0 Å². The minimum absolute atomic E-state index is 0.188. The molecule has 2 saturated heterocycles. The molecular weight excluding hydrogens is 486 g/mol. The second-order valence-electron chi connectivity index (χ2n) is 8.23. The topological polar surface area (TPSA) is 88.4 Å². The van der Waals surface area contributed by atoms with E-state index in [9.17, 15) is 9.59 Å². The first-order valence-corrected chi connectivity index (χ1v) is 13.2. The number of nitrogens with one attached hydrogen (secondary N) is 1. The fourth-order valence-electron chi connectivity index (χ4n) is 3.99. The number of pyridine rings is 1. The maximum Gasteiger partial charge on any atom is 0.267 e. The molecule has 2 fully saturated rings. The second-order valence-corrected chi connectivity index (χ2v) is 9.90. The summed E-state index contributed by atoms with van der Waals surface area (Å²) in [6, 6.07) is 5.42. The zero-order valence-electron chi connectivity index (χ0n) is 19.9. The molecule has 1 amide bonds. The third-order valence-electron chi connectivity index (χ3n) is 5.84. The van der Waals surface area contributed by atoms with E-state index in [2.05, 4.69) is 15.2 Å². The molecule has 4 heterocycles. The largest absolute Gasteiger partial charge is 0.382 e. The Kier molecular flexibility index (Phi) is 9.27. The van der Waals surface area contributed by atoms with Gasteiger partial charge in [0.1, 0.15) is 15.8 Å².